The molecule has 1 rings (SSSR count). The smallest absolute Gasteiger partial charge is 0.320 e. The van der Waals surface area contributed by atoms with Crippen molar-refractivity contribution in [2.45, 2.75) is 33.1 Å². The van der Waals surface area contributed by atoms with Gasteiger partial charge < -0.3 is 10.1 Å². The molecule has 0 unspecified atom stereocenters. The molecule has 1 fully saturated rings. The SMILES string of the molecule is CCCN(CC(=O)OCC)CC1CCNCC1. The minimum atomic E-state index is -0.0881. The first-order valence-corrected chi connectivity index (χ1v) is 6.85. The van der Waals surface area contributed by atoms with Crippen LogP contribution in [-0.4, -0.2) is 50.2 Å². The van der Waals surface area contributed by atoms with Gasteiger partial charge in [0.2, 0.25) is 0 Å². The van der Waals surface area contributed by atoms with Crippen molar-refractivity contribution >= 4 is 5.97 Å². The van der Waals surface area contributed by atoms with E-state index in [0.717, 1.165) is 38.5 Å². The van der Waals surface area contributed by atoms with Crippen molar-refractivity contribution in [1.82, 2.24) is 10.2 Å². The molecule has 1 aliphatic heterocycles. The molecule has 4 nitrogen and oxygen atoms in total. The molecule has 1 saturated heterocycles. The normalized spacial score (nSPS) is 17.4. The molecule has 0 aromatic carbocycles. The van der Waals surface area contributed by atoms with Gasteiger partial charge in [-0.15, -0.1) is 0 Å². The molecule has 0 bridgehead atoms. The van der Waals surface area contributed by atoms with Crippen molar-refractivity contribution in [3.63, 3.8) is 0 Å². The summed E-state index contributed by atoms with van der Waals surface area (Å²) in [5, 5.41) is 3.37. The number of carbonyl (C=O) groups is 1. The van der Waals surface area contributed by atoms with Crippen LogP contribution in [-0.2, 0) is 9.53 Å². The highest BCUT2D eigenvalue weighted by Gasteiger charge is 2.18. The molecule has 0 aromatic heterocycles. The lowest BCUT2D eigenvalue weighted by atomic mass is 9.97. The quantitative estimate of drug-likeness (QED) is 0.683. The van der Waals surface area contributed by atoms with Gasteiger partial charge in [-0.1, -0.05) is 6.92 Å². The van der Waals surface area contributed by atoms with Gasteiger partial charge in [0, 0.05) is 6.54 Å². The first-order valence-electron chi connectivity index (χ1n) is 6.85. The number of hydrogen-bond acceptors (Lipinski definition) is 4. The van der Waals surface area contributed by atoms with E-state index in [4.69, 9.17) is 4.74 Å². The van der Waals surface area contributed by atoms with E-state index in [1.807, 2.05) is 6.92 Å². The van der Waals surface area contributed by atoms with Gasteiger partial charge in [0.1, 0.15) is 0 Å². The third-order valence-corrected chi connectivity index (χ3v) is 3.17. The highest BCUT2D eigenvalue weighted by atomic mass is 16.5. The Morgan fingerprint density at radius 2 is 2.06 bits per heavy atom. The Balaban J connectivity index is 2.32. The van der Waals surface area contributed by atoms with Crippen LogP contribution < -0.4 is 5.32 Å². The molecule has 0 spiro atoms. The summed E-state index contributed by atoms with van der Waals surface area (Å²) in [6.45, 7) is 9.19. The minimum absolute atomic E-state index is 0.0881. The zero-order valence-electron chi connectivity index (χ0n) is 11.2. The molecule has 4 heteroatoms. The van der Waals surface area contributed by atoms with E-state index in [0.29, 0.717) is 13.2 Å². The largest absolute Gasteiger partial charge is 0.465 e. The van der Waals surface area contributed by atoms with Crippen molar-refractivity contribution in [2.75, 3.05) is 39.3 Å². The van der Waals surface area contributed by atoms with Gasteiger partial charge in [-0.3, -0.25) is 9.69 Å². The topological polar surface area (TPSA) is 41.6 Å². The Labute approximate surface area is 105 Å². The standard InChI is InChI=1S/C13H26N2O2/c1-3-9-15(11-13(16)17-4-2)10-12-5-7-14-8-6-12/h12,14H,3-11H2,1-2H3. The van der Waals surface area contributed by atoms with Crippen LogP contribution in [0.2, 0.25) is 0 Å². The Morgan fingerprint density at radius 1 is 1.35 bits per heavy atom. The maximum atomic E-state index is 11.5. The maximum Gasteiger partial charge on any atom is 0.320 e. The predicted octanol–water partition coefficient (Wildman–Crippen LogP) is 1.26. The summed E-state index contributed by atoms with van der Waals surface area (Å²) in [5.41, 5.74) is 0. The van der Waals surface area contributed by atoms with Crippen molar-refractivity contribution in [2.24, 2.45) is 5.92 Å². The average Bonchev–Trinajstić information content (AvgIpc) is 2.31. The molecule has 1 aliphatic rings. The van der Waals surface area contributed by atoms with Gasteiger partial charge in [-0.25, -0.2) is 0 Å². The van der Waals surface area contributed by atoms with E-state index < -0.39 is 0 Å². The van der Waals surface area contributed by atoms with Crippen molar-refractivity contribution < 1.29 is 9.53 Å². The summed E-state index contributed by atoms with van der Waals surface area (Å²) < 4.78 is 5.01. The fourth-order valence-electron chi connectivity index (χ4n) is 2.37. The van der Waals surface area contributed by atoms with Crippen LogP contribution in [0.15, 0.2) is 0 Å². The first kappa shape index (κ1) is 14.5. The van der Waals surface area contributed by atoms with Gasteiger partial charge in [0.05, 0.1) is 13.2 Å². The number of rotatable bonds is 7. The zero-order valence-corrected chi connectivity index (χ0v) is 11.2. The van der Waals surface area contributed by atoms with E-state index in [1.54, 1.807) is 0 Å². The lowest BCUT2D eigenvalue weighted by molar-refractivity contribution is -0.144. The van der Waals surface area contributed by atoms with Gasteiger partial charge in [0.15, 0.2) is 0 Å². The number of nitrogens with one attached hydrogen (secondary N) is 1. The van der Waals surface area contributed by atoms with E-state index in [-0.39, 0.29) is 5.97 Å². The lowest BCUT2D eigenvalue weighted by Gasteiger charge is -2.29. The number of ether oxygens (including phenoxy) is 1. The zero-order chi connectivity index (χ0) is 12.5. The molecule has 0 amide bonds. The predicted molar refractivity (Wildman–Crippen MR) is 69.0 cm³/mol. The van der Waals surface area contributed by atoms with Crippen LogP contribution in [0.5, 0.6) is 0 Å². The highest BCUT2D eigenvalue weighted by Crippen LogP contribution is 2.13. The monoisotopic (exact) mass is 242 g/mol. The summed E-state index contributed by atoms with van der Waals surface area (Å²) in [6.07, 6.45) is 3.54. The van der Waals surface area contributed by atoms with E-state index in [2.05, 4.69) is 17.1 Å². The van der Waals surface area contributed by atoms with E-state index in [9.17, 15) is 4.79 Å². The van der Waals surface area contributed by atoms with Crippen LogP contribution in [0, 0.1) is 5.92 Å². The van der Waals surface area contributed by atoms with Crippen molar-refractivity contribution in [3.05, 3.63) is 0 Å². The van der Waals surface area contributed by atoms with E-state index in [1.165, 1.54) is 12.8 Å². The minimum Gasteiger partial charge on any atom is -0.465 e. The fraction of sp³-hybridized carbons (Fsp3) is 0.923. The number of carbonyl (C=O) groups excluding carboxylic acids is 1. The highest BCUT2D eigenvalue weighted by molar-refractivity contribution is 5.71. The second kappa shape index (κ2) is 8.48. The van der Waals surface area contributed by atoms with Gasteiger partial charge >= 0.3 is 5.97 Å². The summed E-state index contributed by atoms with van der Waals surface area (Å²) in [5.74, 6) is 0.645. The van der Waals surface area contributed by atoms with Gasteiger partial charge in [-0.2, -0.15) is 0 Å². The average molecular weight is 242 g/mol. The number of nitrogens with zero attached hydrogens (tertiary/aromatic N) is 1. The molecule has 1 N–H and O–H groups in total. The van der Waals surface area contributed by atoms with Crippen molar-refractivity contribution in [3.8, 4) is 0 Å². The summed E-state index contributed by atoms with van der Waals surface area (Å²) >= 11 is 0. The number of hydrogen-bond donors (Lipinski definition) is 1. The molecular weight excluding hydrogens is 216 g/mol. The molecule has 100 valence electrons. The molecule has 1 heterocycles. The Kier molecular flexibility index (Phi) is 7.21. The number of esters is 1. The van der Waals surface area contributed by atoms with Gasteiger partial charge in [0.25, 0.3) is 0 Å². The van der Waals surface area contributed by atoms with Crippen LogP contribution >= 0.6 is 0 Å². The number of piperidine rings is 1. The fourth-order valence-corrected chi connectivity index (χ4v) is 2.37. The molecule has 0 aliphatic carbocycles. The second-order valence-corrected chi connectivity index (χ2v) is 4.73. The van der Waals surface area contributed by atoms with Crippen LogP contribution in [0.1, 0.15) is 33.1 Å². The van der Waals surface area contributed by atoms with Crippen LogP contribution in [0.3, 0.4) is 0 Å². The molecule has 0 saturated carbocycles. The Morgan fingerprint density at radius 3 is 2.65 bits per heavy atom. The molecule has 0 aromatic rings. The Bertz CT molecular complexity index is 215. The summed E-state index contributed by atoms with van der Waals surface area (Å²) in [7, 11) is 0. The van der Waals surface area contributed by atoms with Crippen molar-refractivity contribution in [1.29, 1.82) is 0 Å². The molecular formula is C13H26N2O2. The maximum absolute atomic E-state index is 11.5. The molecule has 0 radical (unpaired) electrons. The van der Waals surface area contributed by atoms with Gasteiger partial charge in [-0.05, 0) is 51.7 Å². The Hall–Kier alpha value is -0.610. The second-order valence-electron chi connectivity index (χ2n) is 4.73. The van der Waals surface area contributed by atoms with E-state index >= 15 is 0 Å². The third kappa shape index (κ3) is 6.03. The summed E-state index contributed by atoms with van der Waals surface area (Å²) in [6, 6.07) is 0. The van der Waals surface area contributed by atoms with Crippen LogP contribution in [0.4, 0.5) is 0 Å². The lowest BCUT2D eigenvalue weighted by Crippen LogP contribution is -2.39. The van der Waals surface area contributed by atoms with Crippen LogP contribution in [0.25, 0.3) is 0 Å². The molecule has 0 atom stereocenters. The summed E-state index contributed by atoms with van der Waals surface area (Å²) in [4.78, 5) is 13.7. The molecule has 17 heavy (non-hydrogen) atoms. The third-order valence-electron chi connectivity index (χ3n) is 3.17. The first-order chi connectivity index (χ1) is 8.26.